The summed E-state index contributed by atoms with van der Waals surface area (Å²) in [6.45, 7) is 0.646. The first-order chi connectivity index (χ1) is 10.3. The Balaban J connectivity index is 1.45. The van der Waals surface area contributed by atoms with E-state index in [2.05, 4.69) is 28.5 Å². The third-order valence-electron chi connectivity index (χ3n) is 4.22. The molecule has 5 heteroatoms. The molecular formula is C16H21N3OS. The number of rotatable bonds is 5. The van der Waals surface area contributed by atoms with Crippen molar-refractivity contribution in [1.29, 1.82) is 0 Å². The average Bonchev–Trinajstić information content (AvgIpc) is 3.08. The quantitative estimate of drug-likeness (QED) is 0.791. The van der Waals surface area contributed by atoms with Crippen molar-refractivity contribution < 1.29 is 4.84 Å². The molecule has 0 radical (unpaired) electrons. The predicted molar refractivity (Wildman–Crippen MR) is 83.9 cm³/mol. The van der Waals surface area contributed by atoms with Gasteiger partial charge in [-0.25, -0.2) is 4.98 Å². The normalized spacial score (nSPS) is 22.6. The van der Waals surface area contributed by atoms with Crippen molar-refractivity contribution in [3.63, 3.8) is 0 Å². The predicted octanol–water partition coefficient (Wildman–Crippen LogP) is 3.63. The maximum absolute atomic E-state index is 5.90. The largest absolute Gasteiger partial charge is 0.294 e. The molecule has 1 aromatic carbocycles. The van der Waals surface area contributed by atoms with Crippen LogP contribution < -0.4 is 0 Å². The molecule has 112 valence electrons. The second-order valence-electron chi connectivity index (χ2n) is 5.59. The fraction of sp³-hybridized carbons (Fsp3) is 0.500. The summed E-state index contributed by atoms with van der Waals surface area (Å²) in [7, 11) is 2.05. The van der Waals surface area contributed by atoms with Gasteiger partial charge in [-0.3, -0.25) is 4.84 Å². The fourth-order valence-corrected chi connectivity index (χ4v) is 3.59. The van der Waals surface area contributed by atoms with Crippen LogP contribution in [0.15, 0.2) is 36.7 Å². The van der Waals surface area contributed by atoms with E-state index in [9.17, 15) is 0 Å². The second kappa shape index (κ2) is 7.11. The molecule has 0 unspecified atom stereocenters. The van der Waals surface area contributed by atoms with Gasteiger partial charge < -0.3 is 0 Å². The van der Waals surface area contributed by atoms with Crippen LogP contribution in [0.1, 0.15) is 42.2 Å². The molecule has 0 atom stereocenters. The molecule has 0 amide bonds. The van der Waals surface area contributed by atoms with Gasteiger partial charge in [0.2, 0.25) is 0 Å². The van der Waals surface area contributed by atoms with Gasteiger partial charge in [0.1, 0.15) is 11.3 Å². The van der Waals surface area contributed by atoms with Gasteiger partial charge in [0, 0.05) is 19.0 Å². The molecule has 0 spiro atoms. The molecular weight excluding hydrogens is 282 g/mol. The first-order valence-corrected chi connectivity index (χ1v) is 8.26. The molecule has 1 aliphatic rings. The highest BCUT2D eigenvalue weighted by atomic mass is 32.1. The highest BCUT2D eigenvalue weighted by Crippen LogP contribution is 2.34. The molecule has 1 heterocycles. The Kier molecular flexibility index (Phi) is 4.95. The number of hydroxylamine groups is 2. The molecule has 1 fully saturated rings. The van der Waals surface area contributed by atoms with Crippen LogP contribution in [0.25, 0.3) is 0 Å². The van der Waals surface area contributed by atoms with Crippen LogP contribution in [-0.2, 0) is 11.4 Å². The molecule has 21 heavy (non-hydrogen) atoms. The average molecular weight is 303 g/mol. The summed E-state index contributed by atoms with van der Waals surface area (Å²) < 4.78 is 4.11. The minimum Gasteiger partial charge on any atom is -0.294 e. The Labute approximate surface area is 129 Å². The zero-order valence-corrected chi connectivity index (χ0v) is 13.1. The van der Waals surface area contributed by atoms with E-state index in [0.29, 0.717) is 18.6 Å². The van der Waals surface area contributed by atoms with Gasteiger partial charge >= 0.3 is 0 Å². The van der Waals surface area contributed by atoms with E-state index < -0.39 is 0 Å². The van der Waals surface area contributed by atoms with E-state index in [1.807, 2.05) is 23.3 Å². The summed E-state index contributed by atoms with van der Waals surface area (Å²) in [5.41, 5.74) is 1.21. The van der Waals surface area contributed by atoms with Crippen LogP contribution in [0.3, 0.4) is 0 Å². The molecule has 4 nitrogen and oxygen atoms in total. The molecule has 3 rings (SSSR count). The Morgan fingerprint density at radius 2 is 1.95 bits per heavy atom. The molecule has 1 aliphatic carbocycles. The van der Waals surface area contributed by atoms with Gasteiger partial charge in [-0.05, 0) is 42.8 Å². The molecule has 1 saturated carbocycles. The van der Waals surface area contributed by atoms with Crippen LogP contribution in [0, 0.1) is 0 Å². The summed E-state index contributed by atoms with van der Waals surface area (Å²) in [6, 6.07) is 10.8. The third-order valence-corrected chi connectivity index (χ3v) is 5.04. The molecule has 1 aromatic heterocycles. The van der Waals surface area contributed by atoms with E-state index in [-0.39, 0.29) is 0 Å². The van der Waals surface area contributed by atoms with Crippen LogP contribution in [0.5, 0.6) is 0 Å². The minimum absolute atomic E-state index is 0.512. The monoisotopic (exact) mass is 303 g/mol. The standard InChI is InChI=1S/C16H21N3OS/c1-19(20-11-13-5-3-2-4-6-13)15-9-7-14(8-10-15)16-17-12-18-21-16/h2-6,12,14-15H,7-11H2,1H3. The van der Waals surface area contributed by atoms with Gasteiger partial charge in [-0.15, -0.1) is 0 Å². The van der Waals surface area contributed by atoms with Crippen molar-refractivity contribution in [1.82, 2.24) is 14.4 Å². The number of benzene rings is 1. The number of aromatic nitrogens is 2. The minimum atomic E-state index is 0.512. The van der Waals surface area contributed by atoms with Crippen molar-refractivity contribution in [2.75, 3.05) is 7.05 Å². The maximum atomic E-state index is 5.90. The van der Waals surface area contributed by atoms with Gasteiger partial charge in [-0.1, -0.05) is 30.3 Å². The van der Waals surface area contributed by atoms with Gasteiger partial charge in [0.25, 0.3) is 0 Å². The summed E-state index contributed by atoms with van der Waals surface area (Å²) in [4.78, 5) is 10.2. The first kappa shape index (κ1) is 14.6. The summed E-state index contributed by atoms with van der Waals surface area (Å²) in [6.07, 6.45) is 6.35. The topological polar surface area (TPSA) is 38.2 Å². The lowest BCUT2D eigenvalue weighted by Crippen LogP contribution is -2.34. The lowest BCUT2D eigenvalue weighted by Gasteiger charge is -2.33. The highest BCUT2D eigenvalue weighted by molar-refractivity contribution is 7.05. The Bertz CT molecular complexity index is 524. The smallest absolute Gasteiger partial charge is 0.129 e. The Morgan fingerprint density at radius 1 is 1.19 bits per heavy atom. The van der Waals surface area contributed by atoms with Crippen molar-refractivity contribution in [2.45, 2.75) is 44.2 Å². The third kappa shape index (κ3) is 3.87. The second-order valence-corrected chi connectivity index (χ2v) is 6.40. The molecule has 0 aliphatic heterocycles. The van der Waals surface area contributed by atoms with Crippen molar-refractivity contribution in [3.8, 4) is 0 Å². The Hall–Kier alpha value is -1.30. The number of hydrogen-bond donors (Lipinski definition) is 0. The maximum Gasteiger partial charge on any atom is 0.129 e. The van der Waals surface area contributed by atoms with Crippen LogP contribution in [0.2, 0.25) is 0 Å². The van der Waals surface area contributed by atoms with E-state index in [1.165, 1.54) is 23.4 Å². The number of nitrogens with zero attached hydrogens (tertiary/aromatic N) is 3. The molecule has 0 N–H and O–H groups in total. The van der Waals surface area contributed by atoms with Gasteiger partial charge in [0.15, 0.2) is 0 Å². The van der Waals surface area contributed by atoms with Crippen LogP contribution in [-0.4, -0.2) is 27.5 Å². The van der Waals surface area contributed by atoms with Gasteiger partial charge in [-0.2, -0.15) is 9.44 Å². The Morgan fingerprint density at radius 3 is 2.62 bits per heavy atom. The number of hydrogen-bond acceptors (Lipinski definition) is 5. The molecule has 2 aromatic rings. The first-order valence-electron chi connectivity index (χ1n) is 7.49. The van der Waals surface area contributed by atoms with Crippen molar-refractivity contribution in [3.05, 3.63) is 47.2 Å². The fourth-order valence-electron chi connectivity index (χ4n) is 2.90. The zero-order chi connectivity index (χ0) is 14.5. The highest BCUT2D eigenvalue weighted by Gasteiger charge is 2.27. The summed E-state index contributed by atoms with van der Waals surface area (Å²) in [5, 5.41) is 3.24. The van der Waals surface area contributed by atoms with Crippen LogP contribution >= 0.6 is 11.5 Å². The summed E-state index contributed by atoms with van der Waals surface area (Å²) in [5.74, 6) is 0.594. The van der Waals surface area contributed by atoms with E-state index >= 15 is 0 Å². The SMILES string of the molecule is CN(OCc1ccccc1)C1CCC(c2ncns2)CC1. The van der Waals surface area contributed by atoms with E-state index in [4.69, 9.17) is 4.84 Å². The van der Waals surface area contributed by atoms with Crippen molar-refractivity contribution in [2.24, 2.45) is 0 Å². The van der Waals surface area contributed by atoms with Crippen LogP contribution in [0.4, 0.5) is 0 Å². The molecule has 0 saturated heterocycles. The zero-order valence-electron chi connectivity index (χ0n) is 12.3. The van der Waals surface area contributed by atoms with E-state index in [1.54, 1.807) is 17.9 Å². The molecule has 0 bridgehead atoms. The van der Waals surface area contributed by atoms with Gasteiger partial charge in [0.05, 0.1) is 6.61 Å². The lowest BCUT2D eigenvalue weighted by molar-refractivity contribution is -0.184. The summed E-state index contributed by atoms with van der Waals surface area (Å²) >= 11 is 1.54. The lowest BCUT2D eigenvalue weighted by atomic mass is 9.86. The van der Waals surface area contributed by atoms with E-state index in [0.717, 1.165) is 12.8 Å². The van der Waals surface area contributed by atoms with Crippen molar-refractivity contribution >= 4 is 11.5 Å².